The van der Waals surface area contributed by atoms with Gasteiger partial charge in [0.15, 0.2) is 16.9 Å². The van der Waals surface area contributed by atoms with Crippen molar-refractivity contribution in [3.05, 3.63) is 17.3 Å². The van der Waals surface area contributed by atoms with Crippen LogP contribution in [0.4, 0.5) is 5.82 Å². The van der Waals surface area contributed by atoms with Crippen molar-refractivity contribution in [1.82, 2.24) is 10.2 Å². The molecule has 0 radical (unpaired) electrons. The van der Waals surface area contributed by atoms with E-state index in [1.54, 1.807) is 6.07 Å². The Kier molecular flexibility index (Phi) is 3.61. The van der Waals surface area contributed by atoms with Gasteiger partial charge in [0.1, 0.15) is 0 Å². The van der Waals surface area contributed by atoms with Crippen LogP contribution in [-0.2, 0) is 0 Å². The Balaban J connectivity index is 2.87. The summed E-state index contributed by atoms with van der Waals surface area (Å²) in [5.74, 6) is 0.187. The molecule has 0 bridgehead atoms. The van der Waals surface area contributed by atoms with E-state index in [0.29, 0.717) is 5.82 Å². The largest absolute Gasteiger partial charge is 0.395 e. The van der Waals surface area contributed by atoms with Crippen LogP contribution in [-0.4, -0.2) is 34.4 Å². The van der Waals surface area contributed by atoms with Crippen LogP contribution in [0.25, 0.3) is 0 Å². The molecule has 0 aliphatic heterocycles. The van der Waals surface area contributed by atoms with Gasteiger partial charge in [0, 0.05) is 0 Å². The Morgan fingerprint density at radius 2 is 2.29 bits per heavy atom. The predicted molar refractivity (Wildman–Crippen MR) is 53.4 cm³/mol. The first kappa shape index (κ1) is 10.7. The fourth-order valence-corrected chi connectivity index (χ4v) is 1.01. The monoisotopic (exact) mass is 215 g/mol. The molecule has 0 aliphatic rings. The number of guanidine groups is 1. The minimum Gasteiger partial charge on any atom is -0.395 e. The molecular formula is C7H10ClN5O. The van der Waals surface area contributed by atoms with E-state index in [-0.39, 0.29) is 24.3 Å². The highest BCUT2D eigenvalue weighted by Crippen LogP contribution is 2.10. The highest BCUT2D eigenvalue weighted by molar-refractivity contribution is 6.29. The van der Waals surface area contributed by atoms with E-state index in [1.165, 1.54) is 11.0 Å². The van der Waals surface area contributed by atoms with Crippen LogP contribution < -0.4 is 10.6 Å². The van der Waals surface area contributed by atoms with Gasteiger partial charge in [0.05, 0.1) is 13.2 Å². The standard InChI is InChI=1S/C7H10ClN5O/c8-5-1-2-6(12-11-5)13(3-4-14)7(9)10/h1-2,14H,3-4H2,(H3,9,10). The molecule has 1 aromatic rings. The molecule has 14 heavy (non-hydrogen) atoms. The number of rotatable bonds is 3. The Morgan fingerprint density at radius 1 is 1.57 bits per heavy atom. The number of hydrogen-bond acceptors (Lipinski definition) is 4. The summed E-state index contributed by atoms with van der Waals surface area (Å²) in [6, 6.07) is 3.11. The number of aliphatic hydroxyl groups excluding tert-OH is 1. The Labute approximate surface area is 85.8 Å². The number of aliphatic hydroxyl groups is 1. The zero-order valence-electron chi connectivity index (χ0n) is 7.31. The van der Waals surface area contributed by atoms with Gasteiger partial charge < -0.3 is 10.8 Å². The maximum Gasteiger partial charge on any atom is 0.194 e. The quantitative estimate of drug-likeness (QED) is 0.480. The van der Waals surface area contributed by atoms with Crippen molar-refractivity contribution in [1.29, 1.82) is 5.41 Å². The van der Waals surface area contributed by atoms with E-state index >= 15 is 0 Å². The van der Waals surface area contributed by atoms with Gasteiger partial charge in [-0.15, -0.1) is 10.2 Å². The third-order valence-corrected chi connectivity index (χ3v) is 1.71. The van der Waals surface area contributed by atoms with E-state index in [4.69, 9.17) is 27.9 Å². The van der Waals surface area contributed by atoms with E-state index < -0.39 is 0 Å². The summed E-state index contributed by atoms with van der Waals surface area (Å²) in [6.07, 6.45) is 0. The van der Waals surface area contributed by atoms with Crippen molar-refractivity contribution < 1.29 is 5.11 Å². The molecule has 0 spiro atoms. The third-order valence-electron chi connectivity index (χ3n) is 1.51. The fourth-order valence-electron chi connectivity index (χ4n) is 0.911. The number of halogens is 1. The number of nitrogens with two attached hydrogens (primary N) is 1. The molecule has 0 amide bonds. The molecule has 0 aliphatic carbocycles. The molecule has 0 aromatic carbocycles. The summed E-state index contributed by atoms with van der Waals surface area (Å²) in [7, 11) is 0. The predicted octanol–water partition coefficient (Wildman–Crippen LogP) is -0.178. The number of hydrogen-bond donors (Lipinski definition) is 3. The normalized spacial score (nSPS) is 9.86. The summed E-state index contributed by atoms with van der Waals surface area (Å²) in [5.41, 5.74) is 5.29. The number of aromatic nitrogens is 2. The molecule has 76 valence electrons. The molecule has 1 rings (SSSR count). The molecule has 6 nitrogen and oxygen atoms in total. The van der Waals surface area contributed by atoms with Gasteiger partial charge in [-0.05, 0) is 12.1 Å². The van der Waals surface area contributed by atoms with E-state index in [1.807, 2.05) is 0 Å². The van der Waals surface area contributed by atoms with E-state index in [0.717, 1.165) is 0 Å². The van der Waals surface area contributed by atoms with Crippen LogP contribution in [0.5, 0.6) is 0 Å². The molecule has 0 unspecified atom stereocenters. The van der Waals surface area contributed by atoms with Crippen LogP contribution in [0.1, 0.15) is 0 Å². The van der Waals surface area contributed by atoms with Gasteiger partial charge >= 0.3 is 0 Å². The lowest BCUT2D eigenvalue weighted by atomic mass is 10.4. The number of nitrogens with one attached hydrogen (secondary N) is 1. The average molecular weight is 216 g/mol. The third kappa shape index (κ3) is 2.54. The molecule has 4 N–H and O–H groups in total. The molecule has 0 saturated carbocycles. The van der Waals surface area contributed by atoms with Crippen molar-refractivity contribution in [2.24, 2.45) is 5.73 Å². The number of nitrogens with zero attached hydrogens (tertiary/aromatic N) is 3. The highest BCUT2D eigenvalue weighted by atomic mass is 35.5. The summed E-state index contributed by atoms with van der Waals surface area (Å²) in [4.78, 5) is 1.32. The summed E-state index contributed by atoms with van der Waals surface area (Å²) in [5, 5.41) is 23.6. The van der Waals surface area contributed by atoms with Crippen molar-refractivity contribution in [3.63, 3.8) is 0 Å². The first-order chi connectivity index (χ1) is 6.65. The lowest BCUT2D eigenvalue weighted by Gasteiger charge is -2.19. The van der Waals surface area contributed by atoms with E-state index in [2.05, 4.69) is 10.2 Å². The SMILES string of the molecule is N=C(N)N(CCO)c1ccc(Cl)nn1. The molecule has 0 atom stereocenters. The second-order valence-corrected chi connectivity index (χ2v) is 2.86. The van der Waals surface area contributed by atoms with Gasteiger partial charge in [-0.25, -0.2) is 0 Å². The fraction of sp³-hybridized carbons (Fsp3) is 0.286. The molecule has 1 heterocycles. The average Bonchev–Trinajstić information content (AvgIpc) is 2.15. The Bertz CT molecular complexity index is 314. The van der Waals surface area contributed by atoms with E-state index in [9.17, 15) is 0 Å². The van der Waals surface area contributed by atoms with Gasteiger partial charge in [-0.2, -0.15) is 0 Å². The molecule has 7 heteroatoms. The minimum absolute atomic E-state index is 0.121. The highest BCUT2D eigenvalue weighted by Gasteiger charge is 2.10. The van der Waals surface area contributed by atoms with Crippen molar-refractivity contribution in [2.45, 2.75) is 0 Å². The van der Waals surface area contributed by atoms with Gasteiger partial charge in [0.2, 0.25) is 0 Å². The van der Waals surface area contributed by atoms with Crippen LogP contribution in [0, 0.1) is 5.41 Å². The summed E-state index contributed by atoms with van der Waals surface area (Å²) >= 11 is 5.55. The smallest absolute Gasteiger partial charge is 0.194 e. The lowest BCUT2D eigenvalue weighted by molar-refractivity contribution is 0.306. The van der Waals surface area contributed by atoms with Crippen LogP contribution in [0.15, 0.2) is 12.1 Å². The molecule has 1 aromatic heterocycles. The Hall–Kier alpha value is -1.40. The van der Waals surface area contributed by atoms with Crippen molar-refractivity contribution in [2.75, 3.05) is 18.1 Å². The van der Waals surface area contributed by atoms with Crippen LogP contribution in [0.2, 0.25) is 5.15 Å². The lowest BCUT2D eigenvalue weighted by Crippen LogP contribution is -2.39. The number of anilines is 1. The first-order valence-corrected chi connectivity index (χ1v) is 4.24. The maximum absolute atomic E-state index is 8.73. The summed E-state index contributed by atoms with van der Waals surface area (Å²) < 4.78 is 0. The molecular weight excluding hydrogens is 206 g/mol. The second-order valence-electron chi connectivity index (χ2n) is 2.47. The van der Waals surface area contributed by atoms with Crippen LogP contribution >= 0.6 is 11.6 Å². The van der Waals surface area contributed by atoms with Crippen LogP contribution in [0.3, 0.4) is 0 Å². The maximum atomic E-state index is 8.73. The Morgan fingerprint density at radius 3 is 2.71 bits per heavy atom. The topological polar surface area (TPSA) is 99.1 Å². The van der Waals surface area contributed by atoms with Gasteiger partial charge in [-0.1, -0.05) is 11.6 Å². The molecule has 0 fully saturated rings. The van der Waals surface area contributed by atoms with Crippen molar-refractivity contribution in [3.8, 4) is 0 Å². The molecule has 0 saturated heterocycles. The van der Waals surface area contributed by atoms with Gasteiger partial charge in [-0.3, -0.25) is 10.3 Å². The minimum atomic E-state index is -0.198. The second kappa shape index (κ2) is 4.73. The zero-order valence-corrected chi connectivity index (χ0v) is 8.07. The van der Waals surface area contributed by atoms with Crippen molar-refractivity contribution >= 4 is 23.4 Å². The van der Waals surface area contributed by atoms with Gasteiger partial charge in [0.25, 0.3) is 0 Å². The zero-order chi connectivity index (χ0) is 10.6. The summed E-state index contributed by atoms with van der Waals surface area (Å²) in [6.45, 7) is 0.0789. The first-order valence-electron chi connectivity index (χ1n) is 3.87.